The third-order valence-electron chi connectivity index (χ3n) is 2.91. The van der Waals surface area contributed by atoms with Crippen LogP contribution in [0.15, 0.2) is 0 Å². The van der Waals surface area contributed by atoms with Crippen molar-refractivity contribution in [3.8, 4) is 0 Å². The summed E-state index contributed by atoms with van der Waals surface area (Å²) in [5, 5.41) is 3.18. The van der Waals surface area contributed by atoms with Gasteiger partial charge in [-0.25, -0.2) is 0 Å². The van der Waals surface area contributed by atoms with Gasteiger partial charge in [-0.2, -0.15) is 0 Å². The first kappa shape index (κ1) is 10.0. The predicted octanol–water partition coefficient (Wildman–Crippen LogP) is 1.80. The highest BCUT2D eigenvalue weighted by Gasteiger charge is 2.23. The predicted molar refractivity (Wildman–Crippen MR) is 51.3 cm³/mol. The molecular formula is C10H21NO. The molecule has 0 aliphatic heterocycles. The van der Waals surface area contributed by atoms with E-state index in [0.717, 1.165) is 18.9 Å². The zero-order chi connectivity index (χ0) is 8.81. The van der Waals surface area contributed by atoms with Crippen molar-refractivity contribution in [1.82, 2.24) is 5.32 Å². The molecule has 1 saturated carbocycles. The molecule has 12 heavy (non-hydrogen) atoms. The van der Waals surface area contributed by atoms with Crippen molar-refractivity contribution in [2.45, 2.75) is 38.2 Å². The molecule has 1 fully saturated rings. The Balaban J connectivity index is 2.22. The number of ether oxygens (including phenoxy) is 1. The largest absolute Gasteiger partial charge is 0.381 e. The number of hydrogen-bond donors (Lipinski definition) is 1. The second-order valence-electron chi connectivity index (χ2n) is 3.71. The molecular weight excluding hydrogens is 150 g/mol. The first-order valence-corrected chi connectivity index (χ1v) is 5.06. The Kier molecular flexibility index (Phi) is 4.62. The SMILES string of the molecule is CNCCC(OC)C1CCCC1. The van der Waals surface area contributed by atoms with Gasteiger partial charge in [0.05, 0.1) is 6.10 Å². The maximum atomic E-state index is 5.50. The van der Waals surface area contributed by atoms with E-state index < -0.39 is 0 Å². The monoisotopic (exact) mass is 171 g/mol. The van der Waals surface area contributed by atoms with Crippen molar-refractivity contribution in [1.29, 1.82) is 0 Å². The summed E-state index contributed by atoms with van der Waals surface area (Å²) in [6.45, 7) is 1.08. The van der Waals surface area contributed by atoms with E-state index in [4.69, 9.17) is 4.74 Å². The molecule has 0 aromatic heterocycles. The maximum Gasteiger partial charge on any atom is 0.0611 e. The van der Waals surface area contributed by atoms with Gasteiger partial charge in [0.25, 0.3) is 0 Å². The molecule has 2 nitrogen and oxygen atoms in total. The van der Waals surface area contributed by atoms with Crippen LogP contribution in [0.3, 0.4) is 0 Å². The van der Waals surface area contributed by atoms with Gasteiger partial charge in [0, 0.05) is 7.11 Å². The van der Waals surface area contributed by atoms with Crippen LogP contribution in [0.4, 0.5) is 0 Å². The Labute approximate surface area is 75.7 Å². The fraction of sp³-hybridized carbons (Fsp3) is 1.00. The number of hydrogen-bond acceptors (Lipinski definition) is 2. The quantitative estimate of drug-likeness (QED) is 0.681. The Hall–Kier alpha value is -0.0800. The van der Waals surface area contributed by atoms with Gasteiger partial charge in [0.1, 0.15) is 0 Å². The van der Waals surface area contributed by atoms with Gasteiger partial charge in [-0.3, -0.25) is 0 Å². The molecule has 0 spiro atoms. The van der Waals surface area contributed by atoms with Crippen LogP contribution >= 0.6 is 0 Å². The fourth-order valence-corrected chi connectivity index (χ4v) is 2.16. The second kappa shape index (κ2) is 5.55. The molecule has 0 saturated heterocycles. The summed E-state index contributed by atoms with van der Waals surface area (Å²) in [6.07, 6.45) is 7.23. The van der Waals surface area contributed by atoms with Gasteiger partial charge in [0.15, 0.2) is 0 Å². The Bertz CT molecular complexity index is 110. The summed E-state index contributed by atoms with van der Waals surface area (Å²) in [5.74, 6) is 0.836. The number of nitrogens with one attached hydrogen (secondary N) is 1. The highest BCUT2D eigenvalue weighted by molar-refractivity contribution is 4.76. The van der Waals surface area contributed by atoms with E-state index in [2.05, 4.69) is 5.32 Å². The van der Waals surface area contributed by atoms with E-state index in [-0.39, 0.29) is 0 Å². The van der Waals surface area contributed by atoms with Crippen molar-refractivity contribution in [3.05, 3.63) is 0 Å². The Morgan fingerprint density at radius 2 is 2.08 bits per heavy atom. The average molecular weight is 171 g/mol. The third kappa shape index (κ3) is 2.76. The molecule has 1 atom stereocenters. The summed E-state index contributed by atoms with van der Waals surface area (Å²) in [4.78, 5) is 0. The lowest BCUT2D eigenvalue weighted by atomic mass is 9.98. The zero-order valence-electron chi connectivity index (χ0n) is 8.31. The summed E-state index contributed by atoms with van der Waals surface area (Å²) in [5.41, 5.74) is 0. The molecule has 0 aromatic carbocycles. The second-order valence-corrected chi connectivity index (χ2v) is 3.71. The van der Waals surface area contributed by atoms with E-state index in [1.807, 2.05) is 14.2 Å². The molecule has 0 radical (unpaired) electrons. The van der Waals surface area contributed by atoms with Crippen LogP contribution in [0.1, 0.15) is 32.1 Å². The van der Waals surface area contributed by atoms with Crippen LogP contribution in [0.2, 0.25) is 0 Å². The van der Waals surface area contributed by atoms with E-state index in [1.165, 1.54) is 25.7 Å². The first-order valence-electron chi connectivity index (χ1n) is 5.06. The maximum absolute atomic E-state index is 5.50. The summed E-state index contributed by atoms with van der Waals surface area (Å²) >= 11 is 0. The minimum absolute atomic E-state index is 0.500. The summed E-state index contributed by atoms with van der Waals surface area (Å²) < 4.78 is 5.50. The topological polar surface area (TPSA) is 21.3 Å². The number of rotatable bonds is 5. The van der Waals surface area contributed by atoms with E-state index in [9.17, 15) is 0 Å². The molecule has 1 aliphatic carbocycles. The van der Waals surface area contributed by atoms with E-state index >= 15 is 0 Å². The van der Waals surface area contributed by atoms with Crippen LogP contribution in [0.5, 0.6) is 0 Å². The number of methoxy groups -OCH3 is 1. The molecule has 1 rings (SSSR count). The Morgan fingerprint density at radius 1 is 1.42 bits per heavy atom. The third-order valence-corrected chi connectivity index (χ3v) is 2.91. The minimum atomic E-state index is 0.500. The highest BCUT2D eigenvalue weighted by atomic mass is 16.5. The summed E-state index contributed by atoms with van der Waals surface area (Å²) in [6, 6.07) is 0. The molecule has 0 amide bonds. The molecule has 0 heterocycles. The van der Waals surface area contributed by atoms with Crippen molar-refractivity contribution < 1.29 is 4.74 Å². The minimum Gasteiger partial charge on any atom is -0.381 e. The lowest BCUT2D eigenvalue weighted by Gasteiger charge is -2.21. The van der Waals surface area contributed by atoms with Crippen LogP contribution in [-0.2, 0) is 4.74 Å². The van der Waals surface area contributed by atoms with Crippen LogP contribution < -0.4 is 5.32 Å². The molecule has 1 N–H and O–H groups in total. The molecule has 0 bridgehead atoms. The van der Waals surface area contributed by atoms with Gasteiger partial charge in [0.2, 0.25) is 0 Å². The normalized spacial score (nSPS) is 21.5. The lowest BCUT2D eigenvalue weighted by molar-refractivity contribution is 0.0482. The van der Waals surface area contributed by atoms with Crippen molar-refractivity contribution in [3.63, 3.8) is 0 Å². The Morgan fingerprint density at radius 3 is 2.58 bits per heavy atom. The smallest absolute Gasteiger partial charge is 0.0611 e. The van der Waals surface area contributed by atoms with Crippen molar-refractivity contribution in [2.75, 3.05) is 20.7 Å². The molecule has 72 valence electrons. The highest BCUT2D eigenvalue weighted by Crippen LogP contribution is 2.30. The first-order chi connectivity index (χ1) is 5.88. The fourth-order valence-electron chi connectivity index (χ4n) is 2.16. The molecule has 1 unspecified atom stereocenters. The standard InChI is InChI=1S/C10H21NO/c1-11-8-7-10(12-2)9-5-3-4-6-9/h9-11H,3-8H2,1-2H3. The summed E-state index contributed by atoms with van der Waals surface area (Å²) in [7, 11) is 3.85. The molecule has 2 heteroatoms. The molecule has 1 aliphatic rings. The van der Waals surface area contributed by atoms with Crippen molar-refractivity contribution >= 4 is 0 Å². The van der Waals surface area contributed by atoms with Gasteiger partial charge in [-0.15, -0.1) is 0 Å². The van der Waals surface area contributed by atoms with Crippen molar-refractivity contribution in [2.24, 2.45) is 5.92 Å². The molecule has 0 aromatic rings. The van der Waals surface area contributed by atoms with Crippen LogP contribution in [0, 0.1) is 5.92 Å². The van der Waals surface area contributed by atoms with Gasteiger partial charge in [-0.1, -0.05) is 12.8 Å². The van der Waals surface area contributed by atoms with Gasteiger partial charge < -0.3 is 10.1 Å². The van der Waals surface area contributed by atoms with Gasteiger partial charge in [-0.05, 0) is 38.8 Å². The van der Waals surface area contributed by atoms with Gasteiger partial charge >= 0.3 is 0 Å². The lowest BCUT2D eigenvalue weighted by Crippen LogP contribution is -2.25. The van der Waals surface area contributed by atoms with Crippen LogP contribution in [-0.4, -0.2) is 26.8 Å². The van der Waals surface area contributed by atoms with E-state index in [0.29, 0.717) is 6.10 Å². The zero-order valence-corrected chi connectivity index (χ0v) is 8.31. The van der Waals surface area contributed by atoms with Crippen LogP contribution in [0.25, 0.3) is 0 Å². The van der Waals surface area contributed by atoms with E-state index in [1.54, 1.807) is 0 Å². The average Bonchev–Trinajstić information content (AvgIpc) is 2.59.